The lowest BCUT2D eigenvalue weighted by atomic mass is 10.3. The van der Waals surface area contributed by atoms with Gasteiger partial charge in [-0.25, -0.2) is 4.98 Å². The largest absolute Gasteiger partial charge is 0.362 e. The maximum absolute atomic E-state index is 5.29. The van der Waals surface area contributed by atoms with Crippen LogP contribution < -0.4 is 16.0 Å². The van der Waals surface area contributed by atoms with E-state index in [0.29, 0.717) is 10.9 Å². The van der Waals surface area contributed by atoms with Crippen molar-refractivity contribution in [2.45, 2.75) is 6.42 Å². The number of hydrogen-bond acceptors (Lipinski definition) is 4. The Morgan fingerprint density at radius 3 is 2.44 bits per heavy atom. The summed E-state index contributed by atoms with van der Waals surface area (Å²) in [5, 5.41) is 10.1. The number of aromatic nitrogens is 2. The molecular formula is C19H19N5S. The maximum Gasteiger partial charge on any atom is 0.171 e. The Balaban J connectivity index is 1.45. The molecule has 0 saturated heterocycles. The Bertz CT molecular complexity index is 791. The van der Waals surface area contributed by atoms with E-state index < -0.39 is 0 Å². The lowest BCUT2D eigenvalue weighted by Crippen LogP contribution is -2.30. The van der Waals surface area contributed by atoms with E-state index in [2.05, 4.69) is 25.9 Å². The molecule has 3 aromatic rings. The Kier molecular flexibility index (Phi) is 5.90. The average molecular weight is 349 g/mol. The molecule has 2 aromatic heterocycles. The van der Waals surface area contributed by atoms with E-state index in [1.165, 1.54) is 0 Å². The van der Waals surface area contributed by atoms with Gasteiger partial charge < -0.3 is 16.0 Å². The summed E-state index contributed by atoms with van der Waals surface area (Å²) in [6, 6.07) is 19.7. The minimum atomic E-state index is 0.548. The molecule has 0 spiro atoms. The molecule has 2 heterocycles. The van der Waals surface area contributed by atoms with Crippen molar-refractivity contribution in [3.63, 3.8) is 0 Å². The molecule has 0 bridgehead atoms. The molecule has 0 aliphatic heterocycles. The third-order valence-corrected chi connectivity index (χ3v) is 3.71. The van der Waals surface area contributed by atoms with Gasteiger partial charge in [-0.15, -0.1) is 0 Å². The fraction of sp³-hybridized carbons (Fsp3) is 0.105. The smallest absolute Gasteiger partial charge is 0.171 e. The molecule has 0 aliphatic carbocycles. The summed E-state index contributed by atoms with van der Waals surface area (Å²) in [6.45, 7) is 0.719. The van der Waals surface area contributed by atoms with Crippen molar-refractivity contribution in [2.24, 2.45) is 0 Å². The van der Waals surface area contributed by atoms with Crippen molar-refractivity contribution in [1.29, 1.82) is 0 Å². The highest BCUT2D eigenvalue weighted by atomic mass is 32.1. The van der Waals surface area contributed by atoms with Gasteiger partial charge in [0.05, 0.1) is 11.9 Å². The van der Waals surface area contributed by atoms with Crippen LogP contribution in [0.1, 0.15) is 5.69 Å². The second-order valence-electron chi connectivity index (χ2n) is 5.38. The number of rotatable bonds is 6. The van der Waals surface area contributed by atoms with Crippen LogP contribution in [-0.4, -0.2) is 21.6 Å². The van der Waals surface area contributed by atoms with Crippen molar-refractivity contribution in [1.82, 2.24) is 15.3 Å². The molecule has 0 saturated carbocycles. The van der Waals surface area contributed by atoms with Gasteiger partial charge >= 0.3 is 0 Å². The summed E-state index contributed by atoms with van der Waals surface area (Å²) in [5.74, 6) is 0.703. The first-order valence-electron chi connectivity index (χ1n) is 8.02. The number of hydrogen-bond donors (Lipinski definition) is 3. The lowest BCUT2D eigenvalue weighted by Gasteiger charge is -2.11. The average Bonchev–Trinajstić information content (AvgIpc) is 2.65. The number of pyridine rings is 2. The highest BCUT2D eigenvalue weighted by Gasteiger charge is 2.00. The van der Waals surface area contributed by atoms with Gasteiger partial charge in [0.2, 0.25) is 0 Å². The van der Waals surface area contributed by atoms with Crippen LogP contribution in [0.15, 0.2) is 73.1 Å². The van der Waals surface area contributed by atoms with E-state index >= 15 is 0 Å². The fourth-order valence-electron chi connectivity index (χ4n) is 2.24. The summed E-state index contributed by atoms with van der Waals surface area (Å²) < 4.78 is 0. The highest BCUT2D eigenvalue weighted by molar-refractivity contribution is 7.80. The number of benzene rings is 1. The Labute approximate surface area is 152 Å². The van der Waals surface area contributed by atoms with Gasteiger partial charge in [-0.05, 0) is 48.6 Å². The molecule has 5 nitrogen and oxygen atoms in total. The standard InChI is InChI=1S/C19H19N5S/c25-19(21-13-11-15-6-4-5-12-20-15)24-18-10-9-17(14-22-18)23-16-7-2-1-3-8-16/h1-10,12,14,23H,11,13H2,(H2,21,22,24,25). The third-order valence-electron chi connectivity index (χ3n) is 3.46. The van der Waals surface area contributed by atoms with Gasteiger partial charge in [0.25, 0.3) is 0 Å². The predicted octanol–water partition coefficient (Wildman–Crippen LogP) is 3.75. The van der Waals surface area contributed by atoms with Gasteiger partial charge in [-0.3, -0.25) is 4.98 Å². The van der Waals surface area contributed by atoms with Crippen LogP contribution in [0.3, 0.4) is 0 Å². The summed E-state index contributed by atoms with van der Waals surface area (Å²) in [4.78, 5) is 8.65. The second-order valence-corrected chi connectivity index (χ2v) is 5.78. The summed E-state index contributed by atoms with van der Waals surface area (Å²) >= 11 is 5.29. The first-order chi connectivity index (χ1) is 12.3. The predicted molar refractivity (Wildman–Crippen MR) is 106 cm³/mol. The van der Waals surface area contributed by atoms with E-state index in [0.717, 1.165) is 30.0 Å². The van der Waals surface area contributed by atoms with Gasteiger partial charge in [0, 0.05) is 30.5 Å². The Morgan fingerprint density at radius 2 is 1.72 bits per heavy atom. The molecule has 3 rings (SSSR count). The third kappa shape index (κ3) is 5.54. The molecule has 6 heteroatoms. The molecule has 126 valence electrons. The van der Waals surface area contributed by atoms with Crippen LogP contribution in [0.4, 0.5) is 17.2 Å². The van der Waals surface area contributed by atoms with Crippen LogP contribution in [0.5, 0.6) is 0 Å². The van der Waals surface area contributed by atoms with Crippen LogP contribution in [0, 0.1) is 0 Å². The summed E-state index contributed by atoms with van der Waals surface area (Å²) in [7, 11) is 0. The lowest BCUT2D eigenvalue weighted by molar-refractivity contribution is 0.847. The van der Waals surface area contributed by atoms with Gasteiger partial charge in [0.1, 0.15) is 5.82 Å². The highest BCUT2D eigenvalue weighted by Crippen LogP contribution is 2.16. The number of nitrogens with zero attached hydrogens (tertiary/aromatic N) is 2. The minimum Gasteiger partial charge on any atom is -0.362 e. The Morgan fingerprint density at radius 1 is 0.880 bits per heavy atom. The molecule has 25 heavy (non-hydrogen) atoms. The molecule has 0 amide bonds. The van der Waals surface area contributed by atoms with Gasteiger partial charge in [-0.1, -0.05) is 24.3 Å². The van der Waals surface area contributed by atoms with Crippen LogP contribution >= 0.6 is 12.2 Å². The minimum absolute atomic E-state index is 0.548. The fourth-order valence-corrected chi connectivity index (χ4v) is 2.45. The number of para-hydroxylation sites is 1. The topological polar surface area (TPSA) is 61.9 Å². The zero-order valence-corrected chi connectivity index (χ0v) is 14.5. The van der Waals surface area contributed by atoms with E-state index in [4.69, 9.17) is 12.2 Å². The molecule has 0 radical (unpaired) electrons. The van der Waals surface area contributed by atoms with E-state index in [1.54, 1.807) is 12.4 Å². The molecule has 0 atom stereocenters. The normalized spacial score (nSPS) is 10.1. The van der Waals surface area contributed by atoms with Crippen molar-refractivity contribution < 1.29 is 0 Å². The Hall–Kier alpha value is -2.99. The molecule has 0 unspecified atom stereocenters. The molecular weight excluding hydrogens is 330 g/mol. The van der Waals surface area contributed by atoms with Gasteiger partial charge in [-0.2, -0.15) is 0 Å². The van der Waals surface area contributed by atoms with Crippen molar-refractivity contribution in [3.05, 3.63) is 78.8 Å². The zero-order valence-electron chi connectivity index (χ0n) is 13.6. The monoisotopic (exact) mass is 349 g/mol. The first kappa shape index (κ1) is 16.9. The maximum atomic E-state index is 5.29. The first-order valence-corrected chi connectivity index (χ1v) is 8.43. The molecule has 0 fully saturated rings. The van der Waals surface area contributed by atoms with Crippen molar-refractivity contribution in [2.75, 3.05) is 17.2 Å². The second kappa shape index (κ2) is 8.75. The molecule has 0 aliphatic rings. The summed E-state index contributed by atoms with van der Waals surface area (Å²) in [5.41, 5.74) is 2.98. The van der Waals surface area contributed by atoms with E-state index in [1.807, 2.05) is 60.7 Å². The van der Waals surface area contributed by atoms with Crippen LogP contribution in [-0.2, 0) is 6.42 Å². The van der Waals surface area contributed by atoms with Crippen LogP contribution in [0.2, 0.25) is 0 Å². The number of nitrogens with one attached hydrogen (secondary N) is 3. The number of anilines is 3. The molecule has 3 N–H and O–H groups in total. The SMILES string of the molecule is S=C(NCCc1ccccn1)Nc1ccc(Nc2ccccc2)cn1. The van der Waals surface area contributed by atoms with E-state index in [-0.39, 0.29) is 0 Å². The molecule has 1 aromatic carbocycles. The van der Waals surface area contributed by atoms with Crippen molar-refractivity contribution >= 4 is 34.5 Å². The summed E-state index contributed by atoms with van der Waals surface area (Å²) in [6.07, 6.45) is 4.38. The van der Waals surface area contributed by atoms with Gasteiger partial charge in [0.15, 0.2) is 5.11 Å². The quantitative estimate of drug-likeness (QED) is 0.589. The van der Waals surface area contributed by atoms with Crippen molar-refractivity contribution in [3.8, 4) is 0 Å². The van der Waals surface area contributed by atoms with Crippen LogP contribution in [0.25, 0.3) is 0 Å². The zero-order chi connectivity index (χ0) is 17.3. The number of thiocarbonyl (C=S) groups is 1. The van der Waals surface area contributed by atoms with E-state index in [9.17, 15) is 0 Å².